The lowest BCUT2D eigenvalue weighted by atomic mass is 10.2. The van der Waals surface area contributed by atoms with Gasteiger partial charge in [-0.3, -0.25) is 0 Å². The number of aliphatic hydroxyl groups excluding tert-OH is 2. The lowest BCUT2D eigenvalue weighted by Crippen LogP contribution is -2.22. The summed E-state index contributed by atoms with van der Waals surface area (Å²) in [6, 6.07) is 4.59. The van der Waals surface area contributed by atoms with Crippen LogP contribution >= 0.6 is 27.3 Å². The molecule has 0 unspecified atom stereocenters. The van der Waals surface area contributed by atoms with Gasteiger partial charge in [0.1, 0.15) is 5.82 Å². The molecule has 0 aliphatic carbocycles. The molecule has 102 valence electrons. The fraction of sp³-hybridized carbons (Fsp3) is 0.273. The third kappa shape index (κ3) is 3.69. The molecule has 0 aliphatic rings. The van der Waals surface area contributed by atoms with Crippen molar-refractivity contribution in [3.63, 3.8) is 0 Å². The Morgan fingerprint density at radius 2 is 2.21 bits per heavy atom. The predicted octanol–water partition coefficient (Wildman–Crippen LogP) is 1.87. The second kappa shape index (κ2) is 6.38. The first-order valence-electron chi connectivity index (χ1n) is 5.42. The SMILES string of the molecule is OC[C@@H](O)CNc1nnc(-c2cc(Br)ccc2F)s1. The van der Waals surface area contributed by atoms with Gasteiger partial charge in [0, 0.05) is 16.6 Å². The normalized spacial score (nSPS) is 12.4. The van der Waals surface area contributed by atoms with E-state index in [1.807, 2.05) is 0 Å². The molecule has 0 aliphatic heterocycles. The van der Waals surface area contributed by atoms with Gasteiger partial charge in [0.15, 0.2) is 5.01 Å². The quantitative estimate of drug-likeness (QED) is 0.769. The molecule has 0 radical (unpaired) electrons. The van der Waals surface area contributed by atoms with Crippen molar-refractivity contribution in [1.82, 2.24) is 10.2 Å². The molecule has 1 heterocycles. The van der Waals surface area contributed by atoms with Gasteiger partial charge in [0.05, 0.1) is 12.7 Å². The second-order valence-corrected chi connectivity index (χ2v) is 5.65. The predicted molar refractivity (Wildman–Crippen MR) is 74.6 cm³/mol. The first-order chi connectivity index (χ1) is 9.10. The van der Waals surface area contributed by atoms with Crippen LogP contribution in [-0.2, 0) is 0 Å². The van der Waals surface area contributed by atoms with E-state index in [4.69, 9.17) is 5.11 Å². The second-order valence-electron chi connectivity index (χ2n) is 3.75. The summed E-state index contributed by atoms with van der Waals surface area (Å²) < 4.78 is 14.4. The Morgan fingerprint density at radius 3 is 2.95 bits per heavy atom. The maximum Gasteiger partial charge on any atom is 0.206 e. The summed E-state index contributed by atoms with van der Waals surface area (Å²) in [5, 5.41) is 29.4. The van der Waals surface area contributed by atoms with Crippen molar-refractivity contribution in [2.75, 3.05) is 18.5 Å². The van der Waals surface area contributed by atoms with Crippen LogP contribution < -0.4 is 5.32 Å². The van der Waals surface area contributed by atoms with Gasteiger partial charge in [0.2, 0.25) is 5.13 Å². The Bertz CT molecular complexity index is 567. The Kier molecular flexibility index (Phi) is 4.81. The van der Waals surface area contributed by atoms with Gasteiger partial charge in [-0.2, -0.15) is 0 Å². The van der Waals surface area contributed by atoms with E-state index in [1.165, 1.54) is 17.4 Å². The molecular weight excluding hydrogens is 337 g/mol. The van der Waals surface area contributed by atoms with Gasteiger partial charge in [-0.25, -0.2) is 4.39 Å². The molecule has 0 fully saturated rings. The molecule has 0 bridgehead atoms. The number of hydrogen-bond acceptors (Lipinski definition) is 6. The topological polar surface area (TPSA) is 78.3 Å². The summed E-state index contributed by atoms with van der Waals surface area (Å²) in [6.45, 7) is -0.176. The number of anilines is 1. The zero-order valence-electron chi connectivity index (χ0n) is 9.68. The molecule has 3 N–H and O–H groups in total. The van der Waals surface area contributed by atoms with Crippen molar-refractivity contribution in [2.45, 2.75) is 6.10 Å². The van der Waals surface area contributed by atoms with Gasteiger partial charge in [-0.1, -0.05) is 27.3 Å². The van der Waals surface area contributed by atoms with Crippen LogP contribution in [0, 0.1) is 5.82 Å². The van der Waals surface area contributed by atoms with Crippen LogP contribution in [0.4, 0.5) is 9.52 Å². The fourth-order valence-corrected chi connectivity index (χ4v) is 2.46. The van der Waals surface area contributed by atoms with E-state index in [9.17, 15) is 9.50 Å². The van der Waals surface area contributed by atoms with Gasteiger partial charge in [0.25, 0.3) is 0 Å². The lowest BCUT2D eigenvalue weighted by molar-refractivity contribution is 0.105. The number of halogens is 2. The summed E-state index contributed by atoms with van der Waals surface area (Å²) in [5.74, 6) is -0.374. The number of benzene rings is 1. The van der Waals surface area contributed by atoms with Crippen molar-refractivity contribution in [3.8, 4) is 10.6 Å². The molecule has 0 saturated heterocycles. The summed E-state index contributed by atoms with van der Waals surface area (Å²) in [4.78, 5) is 0. The maximum absolute atomic E-state index is 13.7. The highest BCUT2D eigenvalue weighted by atomic mass is 79.9. The maximum atomic E-state index is 13.7. The zero-order valence-corrected chi connectivity index (χ0v) is 12.1. The first-order valence-corrected chi connectivity index (χ1v) is 7.03. The number of aromatic nitrogens is 2. The van der Waals surface area contributed by atoms with E-state index in [0.29, 0.717) is 15.7 Å². The van der Waals surface area contributed by atoms with Gasteiger partial charge < -0.3 is 15.5 Å². The van der Waals surface area contributed by atoms with E-state index >= 15 is 0 Å². The van der Waals surface area contributed by atoms with E-state index in [1.54, 1.807) is 12.1 Å². The average Bonchev–Trinajstić information content (AvgIpc) is 2.87. The monoisotopic (exact) mass is 347 g/mol. The number of nitrogens with zero attached hydrogens (tertiary/aromatic N) is 2. The average molecular weight is 348 g/mol. The van der Waals surface area contributed by atoms with Crippen LogP contribution in [0.1, 0.15) is 0 Å². The van der Waals surface area contributed by atoms with Crippen molar-refractivity contribution >= 4 is 32.4 Å². The largest absolute Gasteiger partial charge is 0.394 e. The molecule has 5 nitrogen and oxygen atoms in total. The number of aliphatic hydroxyl groups is 2. The molecule has 0 amide bonds. The third-order valence-electron chi connectivity index (χ3n) is 2.28. The van der Waals surface area contributed by atoms with Crippen LogP contribution in [0.25, 0.3) is 10.6 Å². The zero-order chi connectivity index (χ0) is 13.8. The highest BCUT2D eigenvalue weighted by molar-refractivity contribution is 9.10. The van der Waals surface area contributed by atoms with Crippen LogP contribution in [0.5, 0.6) is 0 Å². The van der Waals surface area contributed by atoms with Crippen LogP contribution in [-0.4, -0.2) is 39.7 Å². The number of nitrogens with one attached hydrogen (secondary N) is 1. The molecule has 19 heavy (non-hydrogen) atoms. The van der Waals surface area contributed by atoms with Crippen molar-refractivity contribution in [2.24, 2.45) is 0 Å². The van der Waals surface area contributed by atoms with Crippen molar-refractivity contribution in [3.05, 3.63) is 28.5 Å². The van der Waals surface area contributed by atoms with Crippen LogP contribution in [0.3, 0.4) is 0 Å². The summed E-state index contributed by atoms with van der Waals surface area (Å²) >= 11 is 4.45. The highest BCUT2D eigenvalue weighted by Gasteiger charge is 2.12. The minimum Gasteiger partial charge on any atom is -0.394 e. The van der Waals surface area contributed by atoms with Crippen LogP contribution in [0.2, 0.25) is 0 Å². The molecule has 1 atom stereocenters. The highest BCUT2D eigenvalue weighted by Crippen LogP contribution is 2.30. The number of rotatable bonds is 5. The molecule has 1 aromatic carbocycles. The van der Waals surface area contributed by atoms with Crippen molar-refractivity contribution in [1.29, 1.82) is 0 Å². The Morgan fingerprint density at radius 1 is 1.42 bits per heavy atom. The van der Waals surface area contributed by atoms with E-state index in [0.717, 1.165) is 4.47 Å². The Hall–Kier alpha value is -1.09. The molecule has 2 rings (SSSR count). The molecule has 1 aromatic heterocycles. The minimum atomic E-state index is -0.866. The molecule has 0 saturated carbocycles. The Balaban J connectivity index is 2.14. The van der Waals surface area contributed by atoms with Gasteiger partial charge in [-0.05, 0) is 18.2 Å². The van der Waals surface area contributed by atoms with Gasteiger partial charge in [-0.15, -0.1) is 10.2 Å². The minimum absolute atomic E-state index is 0.159. The smallest absolute Gasteiger partial charge is 0.206 e. The lowest BCUT2D eigenvalue weighted by Gasteiger charge is -2.06. The third-order valence-corrected chi connectivity index (χ3v) is 3.69. The standard InChI is InChI=1S/C11H11BrFN3O2S/c12-6-1-2-9(13)8(3-6)10-15-16-11(19-10)14-4-7(18)5-17/h1-3,7,17-18H,4-5H2,(H,14,16)/t7-/m0/s1. The summed E-state index contributed by atoms with van der Waals surface area (Å²) in [6.07, 6.45) is -0.866. The van der Waals surface area contributed by atoms with E-state index in [2.05, 4.69) is 31.4 Å². The van der Waals surface area contributed by atoms with Crippen LogP contribution in [0.15, 0.2) is 22.7 Å². The molecule has 0 spiro atoms. The van der Waals surface area contributed by atoms with Crippen molar-refractivity contribution < 1.29 is 14.6 Å². The Labute approximate surface area is 121 Å². The first kappa shape index (κ1) is 14.3. The number of hydrogen-bond donors (Lipinski definition) is 3. The van der Waals surface area contributed by atoms with E-state index in [-0.39, 0.29) is 19.0 Å². The molecular formula is C11H11BrFN3O2S. The summed E-state index contributed by atoms with van der Waals surface area (Å²) in [5.41, 5.74) is 0.364. The molecule has 2 aromatic rings. The van der Waals surface area contributed by atoms with E-state index < -0.39 is 6.10 Å². The molecule has 8 heteroatoms. The van der Waals surface area contributed by atoms with Gasteiger partial charge >= 0.3 is 0 Å². The fourth-order valence-electron chi connectivity index (χ4n) is 1.33. The summed E-state index contributed by atoms with van der Waals surface area (Å²) in [7, 11) is 0.